The van der Waals surface area contributed by atoms with E-state index in [2.05, 4.69) is 12.0 Å². The largest absolute Gasteiger partial charge is 0.383 e. The van der Waals surface area contributed by atoms with Gasteiger partial charge >= 0.3 is 0 Å². The molecule has 0 atom stereocenters. The molecule has 0 saturated heterocycles. The summed E-state index contributed by atoms with van der Waals surface area (Å²) in [6, 6.07) is 17.1. The molecule has 0 aliphatic carbocycles. The second kappa shape index (κ2) is 8.73. The molecule has 0 spiro atoms. The Labute approximate surface area is 180 Å². The van der Waals surface area contributed by atoms with Gasteiger partial charge in [-0.3, -0.25) is 9.59 Å². The van der Waals surface area contributed by atoms with Crippen LogP contribution < -0.4 is 10.5 Å². The fourth-order valence-corrected chi connectivity index (χ4v) is 3.84. The summed E-state index contributed by atoms with van der Waals surface area (Å²) in [5, 5.41) is 4.53. The van der Waals surface area contributed by atoms with Crippen molar-refractivity contribution in [1.29, 1.82) is 0 Å². The van der Waals surface area contributed by atoms with Gasteiger partial charge in [-0.05, 0) is 43.2 Å². The van der Waals surface area contributed by atoms with E-state index < -0.39 is 0 Å². The Hall–Kier alpha value is -3.45. The molecule has 0 aliphatic rings. The molecule has 0 N–H and O–H groups in total. The average Bonchev–Trinajstić information content (AvgIpc) is 3.26. The number of rotatable bonds is 7. The van der Waals surface area contributed by atoms with Crippen molar-refractivity contribution in [2.75, 3.05) is 25.2 Å². The lowest BCUT2D eigenvalue weighted by atomic mass is 10.1. The van der Waals surface area contributed by atoms with Gasteiger partial charge in [-0.25, -0.2) is 4.52 Å². The second-order valence-corrected chi connectivity index (χ2v) is 7.33. The fourth-order valence-electron chi connectivity index (χ4n) is 3.84. The molecule has 0 fully saturated rings. The maximum absolute atomic E-state index is 13.3. The number of benzene rings is 2. The smallest absolute Gasteiger partial charge is 0.278 e. The van der Waals surface area contributed by atoms with Crippen LogP contribution in [0, 0.1) is 0 Å². The van der Waals surface area contributed by atoms with Gasteiger partial charge in [0, 0.05) is 32.0 Å². The number of nitrogens with zero attached hydrogens (tertiary/aromatic N) is 4. The summed E-state index contributed by atoms with van der Waals surface area (Å²) in [4.78, 5) is 28.2. The van der Waals surface area contributed by atoms with Crippen molar-refractivity contribution in [1.82, 2.24) is 14.2 Å². The number of carbonyl (C=O) groups is 1. The molecule has 7 heteroatoms. The lowest BCUT2D eigenvalue weighted by Gasteiger charge is -2.20. The minimum Gasteiger partial charge on any atom is -0.383 e. The van der Waals surface area contributed by atoms with Gasteiger partial charge in [0.2, 0.25) is 0 Å². The number of hydrogen-bond donors (Lipinski definition) is 0. The number of ether oxygens (including phenoxy) is 1. The van der Waals surface area contributed by atoms with E-state index in [9.17, 15) is 9.59 Å². The number of amides is 1. The Morgan fingerprint density at radius 1 is 1.03 bits per heavy atom. The van der Waals surface area contributed by atoms with Crippen molar-refractivity contribution >= 4 is 28.1 Å². The number of aryl methyl sites for hydroxylation is 1. The van der Waals surface area contributed by atoms with Crippen molar-refractivity contribution in [2.24, 2.45) is 0 Å². The first kappa shape index (κ1) is 20.8. The van der Waals surface area contributed by atoms with Crippen LogP contribution in [0.25, 0.3) is 16.6 Å². The van der Waals surface area contributed by atoms with Crippen LogP contribution in [0.5, 0.6) is 0 Å². The highest BCUT2D eigenvalue weighted by molar-refractivity contribution is 6.05. The van der Waals surface area contributed by atoms with Crippen LogP contribution in [0.2, 0.25) is 0 Å². The highest BCUT2D eigenvalue weighted by Crippen LogP contribution is 2.20. The van der Waals surface area contributed by atoms with Crippen molar-refractivity contribution in [2.45, 2.75) is 26.8 Å². The number of methoxy groups -OCH3 is 1. The highest BCUT2D eigenvalue weighted by atomic mass is 16.5. The van der Waals surface area contributed by atoms with E-state index in [1.54, 1.807) is 27.2 Å². The van der Waals surface area contributed by atoms with Gasteiger partial charge in [0.05, 0.1) is 17.6 Å². The van der Waals surface area contributed by atoms with Gasteiger partial charge in [-0.1, -0.05) is 31.2 Å². The Balaban J connectivity index is 1.82. The van der Waals surface area contributed by atoms with Gasteiger partial charge < -0.3 is 14.2 Å². The average molecular weight is 418 g/mol. The third-order valence-electron chi connectivity index (χ3n) is 5.53. The van der Waals surface area contributed by atoms with Gasteiger partial charge in [-0.15, -0.1) is 0 Å². The van der Waals surface area contributed by atoms with Gasteiger partial charge in [0.1, 0.15) is 5.52 Å². The van der Waals surface area contributed by atoms with E-state index >= 15 is 0 Å². The summed E-state index contributed by atoms with van der Waals surface area (Å²) in [7, 11) is 1.60. The first-order valence-electron chi connectivity index (χ1n) is 10.5. The van der Waals surface area contributed by atoms with E-state index in [0.717, 1.165) is 23.1 Å². The molecule has 0 radical (unpaired) electrons. The molecule has 2 heterocycles. The first-order valence-corrected chi connectivity index (χ1v) is 10.5. The minimum absolute atomic E-state index is 0.197. The second-order valence-electron chi connectivity index (χ2n) is 7.33. The molecule has 7 nitrogen and oxygen atoms in total. The van der Waals surface area contributed by atoms with Crippen LogP contribution in [-0.4, -0.2) is 40.3 Å². The minimum atomic E-state index is -0.234. The summed E-state index contributed by atoms with van der Waals surface area (Å²) in [5.74, 6) is -0.234. The zero-order valence-corrected chi connectivity index (χ0v) is 18.0. The quantitative estimate of drug-likeness (QED) is 0.460. The van der Waals surface area contributed by atoms with Gasteiger partial charge in [0.15, 0.2) is 5.69 Å². The summed E-state index contributed by atoms with van der Waals surface area (Å²) in [6.07, 6.45) is 0.940. The van der Waals surface area contributed by atoms with Crippen LogP contribution in [0.4, 0.5) is 5.69 Å². The van der Waals surface area contributed by atoms with Crippen molar-refractivity contribution in [3.8, 4) is 0 Å². The molecule has 2 aromatic heterocycles. The molecule has 160 valence electrons. The summed E-state index contributed by atoms with van der Waals surface area (Å²) < 4.78 is 8.42. The SMILES string of the molecule is CCc1ccc(N(CC)C(=O)c2cc3c(=O)n(CCOC)c4ccccc4n3n2)cc1. The van der Waals surface area contributed by atoms with Crippen LogP contribution in [0.3, 0.4) is 0 Å². The Morgan fingerprint density at radius 3 is 2.39 bits per heavy atom. The number of anilines is 1. The normalized spacial score (nSPS) is 11.3. The van der Waals surface area contributed by atoms with Crippen molar-refractivity contribution in [3.05, 3.63) is 76.2 Å². The maximum atomic E-state index is 13.3. The van der Waals surface area contributed by atoms with Crippen LogP contribution in [0.1, 0.15) is 29.9 Å². The van der Waals surface area contributed by atoms with E-state index in [4.69, 9.17) is 4.74 Å². The van der Waals surface area contributed by atoms with Crippen LogP contribution >= 0.6 is 0 Å². The molecule has 4 aromatic rings. The van der Waals surface area contributed by atoms with E-state index in [1.165, 1.54) is 5.56 Å². The van der Waals surface area contributed by atoms with Gasteiger partial charge in [-0.2, -0.15) is 5.10 Å². The standard InChI is InChI=1S/C24H26N4O3/c1-4-17-10-12-18(13-11-17)26(5-2)23(29)19-16-22-24(30)27(14-15-31-3)20-8-6-7-9-21(20)28(22)25-19/h6-13,16H,4-5,14-15H2,1-3H3. The molecule has 0 bridgehead atoms. The molecule has 4 rings (SSSR count). The van der Waals surface area contributed by atoms with E-state index in [0.29, 0.717) is 25.2 Å². The molecule has 31 heavy (non-hydrogen) atoms. The van der Waals surface area contributed by atoms with Crippen LogP contribution in [-0.2, 0) is 17.7 Å². The number of aromatic nitrogens is 3. The Kier molecular flexibility index (Phi) is 5.86. The highest BCUT2D eigenvalue weighted by Gasteiger charge is 2.22. The lowest BCUT2D eigenvalue weighted by Crippen LogP contribution is -2.31. The molecule has 2 aromatic carbocycles. The van der Waals surface area contributed by atoms with E-state index in [-0.39, 0.29) is 17.2 Å². The number of para-hydroxylation sites is 2. The number of carbonyl (C=O) groups excluding carboxylic acids is 1. The zero-order chi connectivity index (χ0) is 22.0. The Morgan fingerprint density at radius 2 is 1.74 bits per heavy atom. The topological polar surface area (TPSA) is 68.8 Å². The number of hydrogen-bond acceptors (Lipinski definition) is 4. The van der Waals surface area contributed by atoms with Crippen LogP contribution in [0.15, 0.2) is 59.4 Å². The molecule has 0 aliphatic heterocycles. The predicted octanol–water partition coefficient (Wildman–Crippen LogP) is 3.52. The molecule has 1 amide bonds. The van der Waals surface area contributed by atoms with Gasteiger partial charge in [0.25, 0.3) is 11.5 Å². The fraction of sp³-hybridized carbons (Fsp3) is 0.292. The molecular weight excluding hydrogens is 392 g/mol. The first-order chi connectivity index (χ1) is 15.1. The third-order valence-corrected chi connectivity index (χ3v) is 5.53. The maximum Gasteiger partial charge on any atom is 0.278 e. The predicted molar refractivity (Wildman–Crippen MR) is 122 cm³/mol. The number of fused-ring (bicyclic) bond motifs is 3. The molecular formula is C24H26N4O3. The molecule has 0 unspecified atom stereocenters. The lowest BCUT2D eigenvalue weighted by molar-refractivity contribution is 0.0983. The summed E-state index contributed by atoms with van der Waals surface area (Å²) >= 11 is 0. The zero-order valence-electron chi connectivity index (χ0n) is 18.0. The Bertz CT molecular complexity index is 1290. The monoisotopic (exact) mass is 418 g/mol. The van der Waals surface area contributed by atoms with E-state index in [1.807, 2.05) is 55.5 Å². The summed E-state index contributed by atoms with van der Waals surface area (Å²) in [5.41, 5.74) is 3.96. The van der Waals surface area contributed by atoms with Crippen molar-refractivity contribution in [3.63, 3.8) is 0 Å². The summed E-state index contributed by atoms with van der Waals surface area (Å²) in [6.45, 7) is 5.35. The van der Waals surface area contributed by atoms with Crippen molar-refractivity contribution < 1.29 is 9.53 Å². The third kappa shape index (κ3) is 3.72. The molecule has 0 saturated carbocycles.